The third-order valence-corrected chi connectivity index (χ3v) is 2.01. The van der Waals surface area contributed by atoms with Crippen molar-refractivity contribution in [3.63, 3.8) is 0 Å². The van der Waals surface area contributed by atoms with Gasteiger partial charge in [-0.05, 0) is 0 Å². The third-order valence-electron chi connectivity index (χ3n) is 1.46. The minimum atomic E-state index is 1.20. The van der Waals surface area contributed by atoms with Gasteiger partial charge in [0, 0.05) is 0 Å². The first-order chi connectivity index (χ1) is 3.88. The summed E-state index contributed by atoms with van der Waals surface area (Å²) in [5.74, 6) is 0. The summed E-state index contributed by atoms with van der Waals surface area (Å²) in [5.41, 5.74) is 2.99. The molecule has 1 aromatic rings. The average molecular weight is 142 g/mol. The average Bonchev–Trinajstić information content (AvgIpc) is 2.45. The summed E-state index contributed by atoms with van der Waals surface area (Å²) in [6.45, 7) is 0. The first-order valence-electron chi connectivity index (χ1n) is 2.64. The first-order valence-corrected chi connectivity index (χ1v) is 3.23. The molecule has 0 aromatic heterocycles. The second-order valence-corrected chi connectivity index (χ2v) is 2.69. The minimum absolute atomic E-state index is 1.20. The summed E-state index contributed by atoms with van der Waals surface area (Å²) in [7, 11) is 1.20. The molecule has 38 valence electrons. The monoisotopic (exact) mass is 142 g/mol. The van der Waals surface area contributed by atoms with Crippen LogP contribution < -0.4 is 15.4 Å². The van der Waals surface area contributed by atoms with Crippen LogP contribution in [0.25, 0.3) is 0 Å². The van der Waals surface area contributed by atoms with Gasteiger partial charge in [0.15, 0.2) is 0 Å². The molecule has 0 radical (unpaired) electrons. The van der Waals surface area contributed by atoms with Crippen molar-refractivity contribution in [3.05, 3.63) is 18.2 Å². The zero-order chi connectivity index (χ0) is 5.56. The van der Waals surface area contributed by atoms with Crippen molar-refractivity contribution in [1.82, 2.24) is 0 Å². The van der Waals surface area contributed by atoms with E-state index >= 15 is 0 Å². The molecule has 0 atom stereocenters. The Labute approximate surface area is 57.3 Å². The second-order valence-electron chi connectivity index (χ2n) is 2.05. The Morgan fingerprint density at radius 1 is 1.38 bits per heavy atom. The van der Waals surface area contributed by atoms with E-state index in [1.165, 1.54) is 22.7 Å². The summed E-state index contributed by atoms with van der Waals surface area (Å²) in [6, 6.07) is 6.34. The maximum atomic E-state index is 3.45. The topological polar surface area (TPSA) is 0 Å². The zero-order valence-electron chi connectivity index (χ0n) is 4.32. The number of fused-ring (bicyclic) bond motifs is 1. The quantitative estimate of drug-likeness (QED) is 0.395. The molecule has 2 rings (SSSR count). The van der Waals surface area contributed by atoms with E-state index in [2.05, 4.69) is 34.2 Å². The maximum absolute atomic E-state index is 3.45. The molecule has 1 heterocycles. The van der Waals surface area contributed by atoms with Crippen LogP contribution in [0.1, 0.15) is 0 Å². The fraction of sp³-hybridized carbons (Fsp3) is 0. The molecule has 0 saturated carbocycles. The summed E-state index contributed by atoms with van der Waals surface area (Å²) in [5, 5.41) is 0. The van der Waals surface area contributed by atoms with Crippen molar-refractivity contribution in [2.75, 3.05) is 0 Å². The summed E-state index contributed by atoms with van der Waals surface area (Å²) in [6.07, 6.45) is 0. The van der Waals surface area contributed by atoms with Crippen molar-refractivity contribution in [2.45, 2.75) is 0 Å². The van der Waals surface area contributed by atoms with Crippen LogP contribution in [0, 0.1) is 0 Å². The van der Waals surface area contributed by atoms with Crippen molar-refractivity contribution < 1.29 is 16.0 Å². The number of benzene rings is 1. The number of rotatable bonds is 0. The van der Waals surface area contributed by atoms with Gasteiger partial charge in [-0.3, -0.25) is 0 Å². The second kappa shape index (κ2) is 1.40. The predicted molar refractivity (Wildman–Crippen MR) is 32.5 cm³/mol. The fourth-order valence-corrected chi connectivity index (χ4v) is 1.30. The molecule has 0 spiro atoms. The standard InChI is InChI=1S/C6H4B.Mn/c1-2-4-6-5(3-1)7-6;/h1-3,7H;. The van der Waals surface area contributed by atoms with E-state index in [4.69, 9.17) is 0 Å². The van der Waals surface area contributed by atoms with E-state index in [0.717, 1.165) is 0 Å². The van der Waals surface area contributed by atoms with Crippen LogP contribution >= 0.6 is 0 Å². The molecule has 0 nitrogen and oxygen atoms in total. The van der Waals surface area contributed by atoms with Gasteiger partial charge in [-0.2, -0.15) is 0 Å². The van der Waals surface area contributed by atoms with Crippen LogP contribution in [0.4, 0.5) is 0 Å². The van der Waals surface area contributed by atoms with Gasteiger partial charge in [-0.25, -0.2) is 0 Å². The molecule has 0 saturated heterocycles. The molecule has 8 heavy (non-hydrogen) atoms. The first kappa shape index (κ1) is 4.66. The van der Waals surface area contributed by atoms with Crippen molar-refractivity contribution in [1.29, 1.82) is 0 Å². The van der Waals surface area contributed by atoms with Gasteiger partial charge in [0.1, 0.15) is 0 Å². The molecule has 0 unspecified atom stereocenters. The van der Waals surface area contributed by atoms with E-state index in [1.54, 1.807) is 0 Å². The Morgan fingerprint density at radius 3 is 2.88 bits per heavy atom. The summed E-state index contributed by atoms with van der Waals surface area (Å²) < 4.78 is 1.27. The van der Waals surface area contributed by atoms with Crippen molar-refractivity contribution in [3.8, 4) is 0 Å². The molecule has 1 aromatic carbocycles. The van der Waals surface area contributed by atoms with E-state index in [-0.39, 0.29) is 0 Å². The molecule has 0 amide bonds. The Morgan fingerprint density at radius 2 is 2.25 bits per heavy atom. The number of hydrogen-bond acceptors (Lipinski definition) is 0. The van der Waals surface area contributed by atoms with Gasteiger partial charge in [-0.1, -0.05) is 0 Å². The van der Waals surface area contributed by atoms with Crippen LogP contribution in [-0.4, -0.2) is 7.28 Å². The molecule has 0 N–H and O–H groups in total. The van der Waals surface area contributed by atoms with Crippen molar-refractivity contribution >= 4 is 22.7 Å². The molecule has 0 fully saturated rings. The van der Waals surface area contributed by atoms with Crippen LogP contribution in [0.3, 0.4) is 0 Å². The van der Waals surface area contributed by atoms with E-state index in [0.29, 0.717) is 0 Å². The van der Waals surface area contributed by atoms with Crippen LogP contribution in [0.15, 0.2) is 18.2 Å². The SMILES string of the molecule is [Mn][c]1cccc2c1B2. The van der Waals surface area contributed by atoms with Gasteiger partial charge in [0.25, 0.3) is 0 Å². The number of hydrogen-bond donors (Lipinski definition) is 0. The molecule has 1 aliphatic heterocycles. The van der Waals surface area contributed by atoms with Crippen LogP contribution in [-0.2, 0) is 16.0 Å². The Balaban J connectivity index is 2.70. The third kappa shape index (κ3) is 0.536. The molecule has 2 heteroatoms. The summed E-state index contributed by atoms with van der Waals surface area (Å²) in [4.78, 5) is 0. The van der Waals surface area contributed by atoms with Gasteiger partial charge in [0.2, 0.25) is 0 Å². The van der Waals surface area contributed by atoms with Crippen LogP contribution in [0.5, 0.6) is 0 Å². The Hall–Kier alpha value is -0.196. The van der Waals surface area contributed by atoms with E-state index < -0.39 is 0 Å². The van der Waals surface area contributed by atoms with Gasteiger partial charge < -0.3 is 0 Å². The Bertz CT molecular complexity index is 232. The fourth-order valence-electron chi connectivity index (χ4n) is 0.893. The van der Waals surface area contributed by atoms with Gasteiger partial charge in [0.05, 0.1) is 0 Å². The predicted octanol–water partition coefficient (Wildman–Crippen LogP) is -1.44. The molecular weight excluding hydrogens is 138 g/mol. The molecule has 1 aliphatic rings. The Kier molecular flexibility index (Phi) is 0.815. The van der Waals surface area contributed by atoms with Crippen molar-refractivity contribution in [2.24, 2.45) is 0 Å². The molecule has 0 aliphatic carbocycles. The summed E-state index contributed by atoms with van der Waals surface area (Å²) >= 11 is 3.45. The molecule has 0 bridgehead atoms. The van der Waals surface area contributed by atoms with E-state index in [9.17, 15) is 0 Å². The zero-order valence-corrected chi connectivity index (χ0v) is 5.50. The normalized spacial score (nSPS) is 12.1. The molecular formula is C6H4BMn. The van der Waals surface area contributed by atoms with Gasteiger partial charge in [-0.15, -0.1) is 0 Å². The van der Waals surface area contributed by atoms with Crippen LogP contribution in [0.2, 0.25) is 0 Å². The van der Waals surface area contributed by atoms with Gasteiger partial charge >= 0.3 is 56.9 Å². The van der Waals surface area contributed by atoms with E-state index in [1.807, 2.05) is 0 Å².